The van der Waals surface area contributed by atoms with Crippen molar-refractivity contribution in [1.82, 2.24) is 0 Å². The van der Waals surface area contributed by atoms with E-state index in [9.17, 15) is 0 Å². The summed E-state index contributed by atoms with van der Waals surface area (Å²) in [6.07, 6.45) is 12.9. The van der Waals surface area contributed by atoms with E-state index in [0.29, 0.717) is 0 Å². The molecule has 0 atom stereocenters. The molecule has 0 saturated heterocycles. The van der Waals surface area contributed by atoms with Crippen molar-refractivity contribution in [2.75, 3.05) is 0 Å². The highest BCUT2D eigenvalue weighted by Gasteiger charge is 2.10. The molecule has 0 amide bonds. The number of allylic oxidation sites excluding steroid dienone is 4. The average Bonchev–Trinajstić information content (AvgIpc) is 2.12. The van der Waals surface area contributed by atoms with E-state index in [4.69, 9.17) is 0 Å². The molecule has 1 fully saturated rings. The summed E-state index contributed by atoms with van der Waals surface area (Å²) < 4.78 is 0. The lowest BCUT2D eigenvalue weighted by Gasteiger charge is -2.15. The zero-order chi connectivity index (χ0) is 6.81. The van der Waals surface area contributed by atoms with Crippen LogP contribution >= 0.6 is 0 Å². The summed E-state index contributed by atoms with van der Waals surface area (Å²) in [4.78, 5) is 0. The van der Waals surface area contributed by atoms with Crippen molar-refractivity contribution < 1.29 is 0 Å². The van der Waals surface area contributed by atoms with Crippen LogP contribution in [0.25, 0.3) is 0 Å². The monoisotopic (exact) mass is 134 g/mol. The quantitative estimate of drug-likeness (QED) is 0.446. The van der Waals surface area contributed by atoms with Crippen LogP contribution < -0.4 is 0 Å². The Kier molecular flexibility index (Phi) is 1.62. The molecule has 0 aromatic carbocycles. The van der Waals surface area contributed by atoms with Crippen molar-refractivity contribution >= 4 is 0 Å². The average molecular weight is 134 g/mol. The Morgan fingerprint density at radius 2 is 1.50 bits per heavy atom. The third-order valence-electron chi connectivity index (χ3n) is 2.48. The second-order valence-electron chi connectivity index (χ2n) is 3.33. The highest BCUT2D eigenvalue weighted by atomic mass is 14.2. The van der Waals surface area contributed by atoms with E-state index in [-0.39, 0.29) is 0 Å². The number of rotatable bonds is 0. The highest BCUT2D eigenvalue weighted by Crippen LogP contribution is 2.30. The van der Waals surface area contributed by atoms with Crippen molar-refractivity contribution in [2.45, 2.75) is 38.5 Å². The summed E-state index contributed by atoms with van der Waals surface area (Å²) >= 11 is 0. The fraction of sp³-hybridized carbons (Fsp3) is 0.600. The maximum atomic E-state index is 2.45. The molecule has 1 saturated carbocycles. The van der Waals surface area contributed by atoms with Gasteiger partial charge in [0.05, 0.1) is 0 Å². The van der Waals surface area contributed by atoms with Crippen LogP contribution in [0.4, 0.5) is 0 Å². The molecule has 2 rings (SSSR count). The van der Waals surface area contributed by atoms with E-state index in [1.54, 1.807) is 11.1 Å². The van der Waals surface area contributed by atoms with Gasteiger partial charge in [-0.05, 0) is 38.5 Å². The molecule has 0 heteroatoms. The molecule has 2 aliphatic carbocycles. The van der Waals surface area contributed by atoms with E-state index in [1.807, 2.05) is 0 Å². The summed E-state index contributed by atoms with van der Waals surface area (Å²) in [5, 5.41) is 0. The van der Waals surface area contributed by atoms with Crippen molar-refractivity contribution in [1.29, 1.82) is 0 Å². The van der Waals surface area contributed by atoms with Crippen LogP contribution in [0, 0.1) is 0 Å². The maximum Gasteiger partial charge on any atom is -0.0108 e. The Balaban J connectivity index is 2.21. The summed E-state index contributed by atoms with van der Waals surface area (Å²) in [6.45, 7) is 0. The minimum absolute atomic E-state index is 1.29. The van der Waals surface area contributed by atoms with Gasteiger partial charge in [-0.3, -0.25) is 0 Å². The van der Waals surface area contributed by atoms with Crippen LogP contribution in [0.15, 0.2) is 23.3 Å². The Bertz CT molecular complexity index is 164. The molecule has 0 heterocycles. The van der Waals surface area contributed by atoms with Gasteiger partial charge in [0.2, 0.25) is 0 Å². The van der Waals surface area contributed by atoms with E-state index in [1.165, 1.54) is 38.5 Å². The first-order valence-corrected chi connectivity index (χ1v) is 4.31. The molecule has 0 aromatic heterocycles. The Morgan fingerprint density at radius 1 is 0.900 bits per heavy atom. The first-order chi connectivity index (χ1) is 4.95. The number of fused-ring (bicyclic) bond motifs is 2. The van der Waals surface area contributed by atoms with E-state index < -0.39 is 0 Å². The van der Waals surface area contributed by atoms with Crippen molar-refractivity contribution in [3.05, 3.63) is 23.3 Å². The predicted molar refractivity (Wildman–Crippen MR) is 43.9 cm³/mol. The minimum Gasteiger partial charge on any atom is -0.0847 e. The first-order valence-electron chi connectivity index (χ1n) is 4.31. The lowest BCUT2D eigenvalue weighted by Crippen LogP contribution is -1.95. The topological polar surface area (TPSA) is 0 Å². The van der Waals surface area contributed by atoms with Gasteiger partial charge in [-0.1, -0.05) is 23.3 Å². The van der Waals surface area contributed by atoms with Crippen LogP contribution in [0.3, 0.4) is 0 Å². The molecule has 0 radical (unpaired) electrons. The second kappa shape index (κ2) is 2.61. The van der Waals surface area contributed by atoms with Crippen LogP contribution in [-0.2, 0) is 0 Å². The maximum absolute atomic E-state index is 2.45. The number of hydrogen-bond donors (Lipinski definition) is 0. The van der Waals surface area contributed by atoms with Crippen LogP contribution in [0.1, 0.15) is 38.5 Å². The first kappa shape index (κ1) is 6.21. The molecule has 0 nitrogen and oxygen atoms in total. The normalized spacial score (nSPS) is 24.8. The Morgan fingerprint density at radius 3 is 2.10 bits per heavy atom. The Hall–Kier alpha value is -0.520. The van der Waals surface area contributed by atoms with Gasteiger partial charge in [0.25, 0.3) is 0 Å². The molecule has 0 unspecified atom stereocenters. The van der Waals surface area contributed by atoms with Gasteiger partial charge in [0.1, 0.15) is 0 Å². The zero-order valence-electron chi connectivity index (χ0n) is 6.40. The molecular formula is C10H14. The van der Waals surface area contributed by atoms with Gasteiger partial charge in [-0.2, -0.15) is 0 Å². The van der Waals surface area contributed by atoms with Crippen LogP contribution in [-0.4, -0.2) is 0 Å². The third kappa shape index (κ3) is 1.16. The summed E-state index contributed by atoms with van der Waals surface area (Å²) in [6, 6.07) is 0. The van der Waals surface area contributed by atoms with Gasteiger partial charge >= 0.3 is 0 Å². The summed E-state index contributed by atoms with van der Waals surface area (Å²) in [5.74, 6) is 0. The molecule has 0 N–H and O–H groups in total. The number of hydrogen-bond acceptors (Lipinski definition) is 0. The van der Waals surface area contributed by atoms with Crippen LogP contribution in [0.2, 0.25) is 0 Å². The van der Waals surface area contributed by atoms with Gasteiger partial charge in [0, 0.05) is 0 Å². The fourth-order valence-corrected chi connectivity index (χ4v) is 1.93. The van der Waals surface area contributed by atoms with E-state index >= 15 is 0 Å². The lowest BCUT2D eigenvalue weighted by atomic mass is 9.91. The van der Waals surface area contributed by atoms with Gasteiger partial charge < -0.3 is 0 Å². The molecular weight excluding hydrogens is 120 g/mol. The third-order valence-corrected chi connectivity index (χ3v) is 2.48. The summed E-state index contributed by atoms with van der Waals surface area (Å²) in [5.41, 5.74) is 3.41. The van der Waals surface area contributed by atoms with Crippen LogP contribution in [0.5, 0.6) is 0 Å². The summed E-state index contributed by atoms with van der Waals surface area (Å²) in [7, 11) is 0. The molecule has 0 aliphatic heterocycles. The standard InChI is InChI=1S/C10H14/c1-2-5-10-7-3-6-9(4-1)8-10/h4-5H,1-3,6-8H2. The Labute approximate surface area is 62.6 Å². The van der Waals surface area contributed by atoms with Crippen molar-refractivity contribution in [2.24, 2.45) is 0 Å². The van der Waals surface area contributed by atoms with E-state index in [0.717, 1.165) is 0 Å². The molecule has 10 heavy (non-hydrogen) atoms. The SMILES string of the molecule is C1=C2CCCC(=CCC1)C2. The molecule has 2 aliphatic rings. The molecule has 0 spiro atoms. The molecule has 0 aromatic rings. The lowest BCUT2D eigenvalue weighted by molar-refractivity contribution is 0.712. The van der Waals surface area contributed by atoms with Gasteiger partial charge in [-0.25, -0.2) is 0 Å². The predicted octanol–water partition coefficient (Wildman–Crippen LogP) is 3.21. The van der Waals surface area contributed by atoms with Gasteiger partial charge in [-0.15, -0.1) is 0 Å². The van der Waals surface area contributed by atoms with Crippen molar-refractivity contribution in [3.8, 4) is 0 Å². The smallest absolute Gasteiger partial charge is 0.0108 e. The largest absolute Gasteiger partial charge is 0.0847 e. The fourth-order valence-electron chi connectivity index (χ4n) is 1.93. The van der Waals surface area contributed by atoms with E-state index in [2.05, 4.69) is 12.2 Å². The van der Waals surface area contributed by atoms with Crippen molar-refractivity contribution in [3.63, 3.8) is 0 Å². The molecule has 54 valence electrons. The minimum atomic E-state index is 1.29. The van der Waals surface area contributed by atoms with Gasteiger partial charge in [0.15, 0.2) is 0 Å². The molecule has 2 bridgehead atoms. The zero-order valence-corrected chi connectivity index (χ0v) is 6.40. The second-order valence-corrected chi connectivity index (χ2v) is 3.33. The highest BCUT2D eigenvalue weighted by molar-refractivity contribution is 5.22.